The van der Waals surface area contributed by atoms with Gasteiger partial charge in [-0.05, 0) is 19.1 Å². The number of morpholine rings is 1. The Morgan fingerprint density at radius 3 is 2.56 bits per heavy atom. The van der Waals surface area contributed by atoms with Gasteiger partial charge in [-0.3, -0.25) is 4.90 Å². The number of hydrogen-bond donors (Lipinski definition) is 0. The largest absolute Gasteiger partial charge is 0.379 e. The molecule has 3 nitrogen and oxygen atoms in total. The van der Waals surface area contributed by atoms with Gasteiger partial charge in [0.25, 0.3) is 0 Å². The summed E-state index contributed by atoms with van der Waals surface area (Å²) in [4.78, 5) is 2.04. The molecule has 18 heavy (non-hydrogen) atoms. The van der Waals surface area contributed by atoms with E-state index in [1.54, 1.807) is 0 Å². The van der Waals surface area contributed by atoms with Crippen LogP contribution >= 0.6 is 0 Å². The van der Waals surface area contributed by atoms with E-state index in [9.17, 15) is 8.78 Å². The lowest BCUT2D eigenvalue weighted by molar-refractivity contribution is -0.108. The average molecular weight is 257 g/mol. The monoisotopic (exact) mass is 257 g/mol. The van der Waals surface area contributed by atoms with Crippen LogP contribution in [0.1, 0.15) is 18.7 Å². The number of halogens is 2. The van der Waals surface area contributed by atoms with Crippen LogP contribution in [-0.4, -0.2) is 37.8 Å². The molecule has 0 aliphatic carbocycles. The number of methoxy groups -OCH3 is 1. The highest BCUT2D eigenvalue weighted by Gasteiger charge is 2.28. The molecule has 0 N–H and O–H groups in total. The first-order chi connectivity index (χ1) is 8.61. The second-order valence-electron chi connectivity index (χ2n) is 4.45. The van der Waals surface area contributed by atoms with Crippen LogP contribution in [0.5, 0.6) is 0 Å². The van der Waals surface area contributed by atoms with E-state index in [1.807, 2.05) is 11.8 Å². The van der Waals surface area contributed by atoms with Crippen molar-refractivity contribution in [2.45, 2.75) is 19.2 Å². The van der Waals surface area contributed by atoms with E-state index in [0.717, 1.165) is 6.07 Å². The van der Waals surface area contributed by atoms with Crippen LogP contribution in [0.3, 0.4) is 0 Å². The van der Waals surface area contributed by atoms with Crippen molar-refractivity contribution in [2.75, 3.05) is 26.9 Å². The van der Waals surface area contributed by atoms with Crippen molar-refractivity contribution in [3.05, 3.63) is 35.4 Å². The van der Waals surface area contributed by atoms with Gasteiger partial charge in [-0.1, -0.05) is 0 Å². The zero-order valence-electron chi connectivity index (χ0n) is 10.5. The Kier molecular flexibility index (Phi) is 4.27. The minimum atomic E-state index is -0.590. The summed E-state index contributed by atoms with van der Waals surface area (Å²) >= 11 is 0. The molecule has 0 saturated carbocycles. The van der Waals surface area contributed by atoms with Crippen molar-refractivity contribution in [1.82, 2.24) is 4.90 Å². The van der Waals surface area contributed by atoms with Gasteiger partial charge < -0.3 is 9.47 Å². The highest BCUT2D eigenvalue weighted by atomic mass is 19.1. The molecular weight excluding hydrogens is 240 g/mol. The summed E-state index contributed by atoms with van der Waals surface area (Å²) in [6, 6.07) is 3.62. The third-order valence-electron chi connectivity index (χ3n) is 3.11. The fourth-order valence-electron chi connectivity index (χ4n) is 2.27. The normalized spacial score (nSPS) is 23.0. The van der Waals surface area contributed by atoms with Gasteiger partial charge in [0.2, 0.25) is 0 Å². The third kappa shape index (κ3) is 2.85. The van der Waals surface area contributed by atoms with Gasteiger partial charge in [0.15, 0.2) is 0 Å². The minimum Gasteiger partial charge on any atom is -0.379 e. The molecule has 1 aliphatic rings. The Balaban J connectivity index is 2.26. The predicted molar refractivity (Wildman–Crippen MR) is 63.1 cm³/mol. The Labute approximate surface area is 105 Å². The molecule has 1 saturated heterocycles. The Morgan fingerprint density at radius 2 is 2.00 bits per heavy atom. The summed E-state index contributed by atoms with van der Waals surface area (Å²) in [5.41, 5.74) is 0.490. The van der Waals surface area contributed by atoms with Gasteiger partial charge in [0.05, 0.1) is 13.2 Å². The maximum absolute atomic E-state index is 13.3. The molecule has 1 heterocycles. The summed E-state index contributed by atoms with van der Waals surface area (Å²) in [7, 11) is 1.54. The molecule has 0 bridgehead atoms. The minimum absolute atomic E-state index is 0.148. The first-order valence-corrected chi connectivity index (χ1v) is 5.94. The third-order valence-corrected chi connectivity index (χ3v) is 3.11. The van der Waals surface area contributed by atoms with Gasteiger partial charge in [0, 0.05) is 31.3 Å². The molecule has 2 atom stereocenters. The molecule has 0 spiro atoms. The van der Waals surface area contributed by atoms with Crippen LogP contribution in [-0.2, 0) is 9.47 Å². The predicted octanol–water partition coefficient (Wildman–Crippen LogP) is 2.33. The molecule has 1 aromatic rings. The average Bonchev–Trinajstić information content (AvgIpc) is 2.31. The standard InChI is InChI=1S/C13H17F2NO2/c1-9-8-18-4-3-16(9)13(17-2)10-5-11(14)7-12(15)6-10/h5-7,9,13H,3-4,8H2,1-2H3/t9-,13?/m0/s1. The van der Waals surface area contributed by atoms with Gasteiger partial charge in [-0.2, -0.15) is 0 Å². The zero-order valence-corrected chi connectivity index (χ0v) is 10.5. The smallest absolute Gasteiger partial charge is 0.136 e. The van der Waals surface area contributed by atoms with Gasteiger partial charge in [-0.25, -0.2) is 8.78 Å². The summed E-state index contributed by atoms with van der Waals surface area (Å²) in [5.74, 6) is -1.18. The van der Waals surface area contributed by atoms with Crippen molar-refractivity contribution < 1.29 is 18.3 Å². The van der Waals surface area contributed by atoms with Crippen molar-refractivity contribution >= 4 is 0 Å². The first kappa shape index (κ1) is 13.4. The fraction of sp³-hybridized carbons (Fsp3) is 0.538. The molecule has 1 aromatic carbocycles. The van der Waals surface area contributed by atoms with Crippen LogP contribution in [0.2, 0.25) is 0 Å². The second kappa shape index (κ2) is 5.73. The molecule has 0 aromatic heterocycles. The Hall–Kier alpha value is -1.04. The number of nitrogens with zero attached hydrogens (tertiary/aromatic N) is 1. The molecule has 1 unspecified atom stereocenters. The second-order valence-corrected chi connectivity index (χ2v) is 4.45. The molecule has 2 rings (SSSR count). The van der Waals surface area contributed by atoms with Crippen molar-refractivity contribution in [1.29, 1.82) is 0 Å². The maximum atomic E-state index is 13.3. The number of ether oxygens (including phenoxy) is 2. The lowest BCUT2D eigenvalue weighted by atomic mass is 10.1. The number of benzene rings is 1. The van der Waals surface area contributed by atoms with E-state index < -0.39 is 17.9 Å². The van der Waals surface area contributed by atoms with E-state index in [1.165, 1.54) is 19.2 Å². The Morgan fingerprint density at radius 1 is 1.33 bits per heavy atom. The van der Waals surface area contributed by atoms with Gasteiger partial charge in [-0.15, -0.1) is 0 Å². The Bertz CT molecular complexity index is 394. The molecule has 1 fully saturated rings. The van der Waals surface area contributed by atoms with Crippen LogP contribution < -0.4 is 0 Å². The molecular formula is C13H17F2NO2. The van der Waals surface area contributed by atoms with E-state index in [2.05, 4.69) is 0 Å². The fourth-order valence-corrected chi connectivity index (χ4v) is 2.27. The zero-order chi connectivity index (χ0) is 13.1. The van der Waals surface area contributed by atoms with E-state index in [-0.39, 0.29) is 6.04 Å². The number of rotatable bonds is 3. The SMILES string of the molecule is COC(c1cc(F)cc(F)c1)N1CCOC[C@@H]1C. The van der Waals surface area contributed by atoms with E-state index in [4.69, 9.17) is 9.47 Å². The maximum Gasteiger partial charge on any atom is 0.136 e. The van der Waals surface area contributed by atoms with Crippen molar-refractivity contribution in [3.63, 3.8) is 0 Å². The van der Waals surface area contributed by atoms with Crippen LogP contribution in [0.15, 0.2) is 18.2 Å². The molecule has 1 aliphatic heterocycles. The summed E-state index contributed by atoms with van der Waals surface area (Å²) < 4.78 is 37.2. The summed E-state index contributed by atoms with van der Waals surface area (Å²) in [6.45, 7) is 3.87. The van der Waals surface area contributed by atoms with Crippen LogP contribution in [0.25, 0.3) is 0 Å². The molecule has 0 amide bonds. The van der Waals surface area contributed by atoms with Gasteiger partial charge in [0.1, 0.15) is 17.9 Å². The summed E-state index contributed by atoms with van der Waals surface area (Å²) in [6.07, 6.45) is -0.450. The van der Waals surface area contributed by atoms with Crippen LogP contribution in [0, 0.1) is 11.6 Å². The van der Waals surface area contributed by atoms with Crippen LogP contribution in [0.4, 0.5) is 8.78 Å². The lowest BCUT2D eigenvalue weighted by Gasteiger charge is -2.38. The molecule has 5 heteroatoms. The highest BCUT2D eigenvalue weighted by molar-refractivity contribution is 5.20. The van der Waals surface area contributed by atoms with Gasteiger partial charge >= 0.3 is 0 Å². The summed E-state index contributed by atoms with van der Waals surface area (Å²) in [5, 5.41) is 0. The molecule has 100 valence electrons. The molecule has 0 radical (unpaired) electrons. The van der Waals surface area contributed by atoms with E-state index in [0.29, 0.717) is 25.3 Å². The van der Waals surface area contributed by atoms with E-state index >= 15 is 0 Å². The first-order valence-electron chi connectivity index (χ1n) is 5.94. The number of hydrogen-bond acceptors (Lipinski definition) is 3. The van der Waals surface area contributed by atoms with Crippen molar-refractivity contribution in [3.8, 4) is 0 Å². The lowest BCUT2D eigenvalue weighted by Crippen LogP contribution is -2.46. The topological polar surface area (TPSA) is 21.7 Å². The van der Waals surface area contributed by atoms with Crippen molar-refractivity contribution in [2.24, 2.45) is 0 Å². The quantitative estimate of drug-likeness (QED) is 0.829. The highest BCUT2D eigenvalue weighted by Crippen LogP contribution is 2.26.